The highest BCUT2D eigenvalue weighted by Crippen LogP contribution is 2.21. The van der Waals surface area contributed by atoms with Crippen molar-refractivity contribution in [3.8, 4) is 0 Å². The van der Waals surface area contributed by atoms with Crippen molar-refractivity contribution in [1.82, 2.24) is 9.71 Å². The monoisotopic (exact) mass is 346 g/mol. The van der Waals surface area contributed by atoms with Crippen molar-refractivity contribution < 1.29 is 13.5 Å². The maximum absolute atomic E-state index is 12.2. The number of halogens is 1. The molecule has 0 bridgehead atoms. The summed E-state index contributed by atoms with van der Waals surface area (Å²) < 4.78 is 27.0. The first-order valence-corrected chi connectivity index (χ1v) is 8.96. The quantitative estimate of drug-likeness (QED) is 0.841. The molecule has 5 nitrogen and oxygen atoms in total. The van der Waals surface area contributed by atoms with Gasteiger partial charge in [-0.1, -0.05) is 18.5 Å². The number of aliphatic hydroxyl groups is 1. The molecule has 0 spiro atoms. The van der Waals surface area contributed by atoms with Crippen LogP contribution in [-0.2, 0) is 16.6 Å². The summed E-state index contributed by atoms with van der Waals surface area (Å²) in [5.74, 6) is -0.00983. The van der Waals surface area contributed by atoms with Gasteiger partial charge in [0.15, 0.2) is 0 Å². The fourth-order valence-electron chi connectivity index (χ4n) is 1.72. The van der Waals surface area contributed by atoms with Crippen LogP contribution in [0.4, 0.5) is 0 Å². The molecule has 0 aliphatic rings. The predicted octanol–water partition coefficient (Wildman–Crippen LogP) is 2.37. The second-order valence-corrected chi connectivity index (χ2v) is 7.63. The number of sulfonamides is 1. The van der Waals surface area contributed by atoms with E-state index in [2.05, 4.69) is 9.71 Å². The van der Waals surface area contributed by atoms with E-state index in [-0.39, 0.29) is 24.0 Å². The normalized spacial score (nSPS) is 13.3. The summed E-state index contributed by atoms with van der Waals surface area (Å²) in [4.78, 5) is 4.25. The van der Waals surface area contributed by atoms with E-state index < -0.39 is 10.0 Å². The van der Waals surface area contributed by atoms with Gasteiger partial charge in [-0.15, -0.1) is 11.3 Å². The van der Waals surface area contributed by atoms with E-state index in [1.165, 1.54) is 29.5 Å². The molecule has 0 aliphatic heterocycles. The van der Waals surface area contributed by atoms with Gasteiger partial charge in [-0.3, -0.25) is 0 Å². The Bertz CT molecular complexity index is 702. The highest BCUT2D eigenvalue weighted by atomic mass is 35.5. The van der Waals surface area contributed by atoms with Crippen molar-refractivity contribution in [3.05, 3.63) is 45.4 Å². The Labute approximate surface area is 132 Å². The van der Waals surface area contributed by atoms with Crippen molar-refractivity contribution >= 4 is 33.0 Å². The Morgan fingerprint density at radius 2 is 2.24 bits per heavy atom. The molecule has 1 heterocycles. The molecule has 0 radical (unpaired) electrons. The van der Waals surface area contributed by atoms with Crippen LogP contribution in [0.1, 0.15) is 23.4 Å². The molecule has 114 valence electrons. The molecule has 1 aromatic heterocycles. The molecule has 2 N–H and O–H groups in total. The fraction of sp³-hybridized carbons (Fsp3) is 0.308. The second kappa shape index (κ2) is 6.85. The molecule has 21 heavy (non-hydrogen) atoms. The number of aromatic nitrogens is 1. The van der Waals surface area contributed by atoms with Crippen LogP contribution < -0.4 is 4.72 Å². The highest BCUT2D eigenvalue weighted by molar-refractivity contribution is 7.89. The summed E-state index contributed by atoms with van der Waals surface area (Å²) >= 11 is 7.35. The summed E-state index contributed by atoms with van der Waals surface area (Å²) in [7, 11) is -3.64. The van der Waals surface area contributed by atoms with Crippen LogP contribution in [0.3, 0.4) is 0 Å². The van der Waals surface area contributed by atoms with Gasteiger partial charge in [0.1, 0.15) is 0 Å². The maximum atomic E-state index is 12.2. The fourth-order valence-corrected chi connectivity index (χ4v) is 3.78. The molecule has 0 saturated heterocycles. The third kappa shape index (κ3) is 4.02. The largest absolute Gasteiger partial charge is 0.392 e. The minimum atomic E-state index is -3.64. The van der Waals surface area contributed by atoms with Crippen LogP contribution in [0.15, 0.2) is 34.7 Å². The lowest BCUT2D eigenvalue weighted by molar-refractivity contribution is 0.281. The Morgan fingerprint density at radius 3 is 2.86 bits per heavy atom. The van der Waals surface area contributed by atoms with Crippen LogP contribution in [0.25, 0.3) is 0 Å². The number of thiazole rings is 1. The minimum absolute atomic E-state index is 0.00983. The van der Waals surface area contributed by atoms with E-state index in [9.17, 15) is 8.42 Å². The van der Waals surface area contributed by atoms with Gasteiger partial charge >= 0.3 is 0 Å². The zero-order valence-electron chi connectivity index (χ0n) is 11.3. The molecule has 2 rings (SSSR count). The van der Waals surface area contributed by atoms with Crippen molar-refractivity contribution in [1.29, 1.82) is 0 Å². The molecule has 0 amide bonds. The number of aliphatic hydroxyl groups excluding tert-OH is 1. The lowest BCUT2D eigenvalue weighted by atomic mass is 10.2. The predicted molar refractivity (Wildman–Crippen MR) is 83.1 cm³/mol. The Morgan fingerprint density at radius 1 is 1.48 bits per heavy atom. The second-order valence-electron chi connectivity index (χ2n) is 4.53. The van der Waals surface area contributed by atoms with Crippen LogP contribution in [-0.4, -0.2) is 25.1 Å². The first-order chi connectivity index (χ1) is 9.94. The standard InChI is InChI=1S/C13H15ClN2O3S2/c1-9(13-15-4-5-20-13)7-16-21(18,19)11-2-3-12(14)10(6-11)8-17/h2-6,9,16-17H,7-8H2,1H3. The third-order valence-corrected chi connectivity index (χ3v) is 5.75. The van der Waals surface area contributed by atoms with E-state index in [0.717, 1.165) is 5.01 Å². The lowest BCUT2D eigenvalue weighted by Crippen LogP contribution is -2.27. The first kappa shape index (κ1) is 16.4. The third-order valence-electron chi connectivity index (χ3n) is 2.95. The van der Waals surface area contributed by atoms with Crippen LogP contribution in [0.5, 0.6) is 0 Å². The maximum Gasteiger partial charge on any atom is 0.240 e. The number of nitrogens with zero attached hydrogens (tertiary/aromatic N) is 1. The molecular weight excluding hydrogens is 332 g/mol. The van der Waals surface area contributed by atoms with E-state index in [1.807, 2.05) is 12.3 Å². The Balaban J connectivity index is 2.11. The van der Waals surface area contributed by atoms with Crippen LogP contribution in [0, 0.1) is 0 Å². The summed E-state index contributed by atoms with van der Waals surface area (Å²) in [6.07, 6.45) is 1.69. The number of benzene rings is 1. The average molecular weight is 347 g/mol. The summed E-state index contributed by atoms with van der Waals surface area (Å²) in [5.41, 5.74) is 0.382. The van der Waals surface area contributed by atoms with Crippen molar-refractivity contribution in [3.63, 3.8) is 0 Å². The molecule has 0 aliphatic carbocycles. The number of rotatable bonds is 6. The number of nitrogens with one attached hydrogen (secondary N) is 1. The van der Waals surface area contributed by atoms with E-state index in [1.54, 1.807) is 6.20 Å². The molecule has 1 atom stereocenters. The van der Waals surface area contributed by atoms with Gasteiger partial charge in [-0.25, -0.2) is 18.1 Å². The highest BCUT2D eigenvalue weighted by Gasteiger charge is 2.18. The van der Waals surface area contributed by atoms with Gasteiger partial charge in [0, 0.05) is 29.1 Å². The Kier molecular flexibility index (Phi) is 5.34. The van der Waals surface area contributed by atoms with E-state index in [0.29, 0.717) is 10.6 Å². The minimum Gasteiger partial charge on any atom is -0.392 e. The van der Waals surface area contributed by atoms with E-state index >= 15 is 0 Å². The summed E-state index contributed by atoms with van der Waals surface area (Å²) in [6.45, 7) is 1.85. The smallest absolute Gasteiger partial charge is 0.240 e. The zero-order chi connectivity index (χ0) is 15.5. The molecule has 1 unspecified atom stereocenters. The molecular formula is C13H15ClN2O3S2. The van der Waals surface area contributed by atoms with Gasteiger partial charge in [0.25, 0.3) is 0 Å². The number of hydrogen-bond donors (Lipinski definition) is 2. The summed E-state index contributed by atoms with van der Waals surface area (Å²) in [5, 5.41) is 12.2. The van der Waals surface area contributed by atoms with Crippen LogP contribution >= 0.6 is 22.9 Å². The van der Waals surface area contributed by atoms with Gasteiger partial charge < -0.3 is 5.11 Å². The van der Waals surface area contributed by atoms with Crippen molar-refractivity contribution in [2.45, 2.75) is 24.3 Å². The van der Waals surface area contributed by atoms with Crippen molar-refractivity contribution in [2.75, 3.05) is 6.54 Å². The van der Waals surface area contributed by atoms with Crippen LogP contribution in [0.2, 0.25) is 5.02 Å². The zero-order valence-corrected chi connectivity index (χ0v) is 13.7. The Hall–Kier alpha value is -0.990. The molecule has 8 heteroatoms. The average Bonchev–Trinajstić information content (AvgIpc) is 2.99. The number of hydrogen-bond acceptors (Lipinski definition) is 5. The lowest BCUT2D eigenvalue weighted by Gasteiger charge is -2.12. The van der Waals surface area contributed by atoms with Gasteiger partial charge in [0.05, 0.1) is 16.5 Å². The molecule has 0 fully saturated rings. The van der Waals surface area contributed by atoms with Gasteiger partial charge in [-0.05, 0) is 23.8 Å². The topological polar surface area (TPSA) is 79.3 Å². The first-order valence-electron chi connectivity index (χ1n) is 6.22. The van der Waals surface area contributed by atoms with Crippen molar-refractivity contribution in [2.24, 2.45) is 0 Å². The SMILES string of the molecule is CC(CNS(=O)(=O)c1ccc(Cl)c(CO)c1)c1nccs1. The van der Waals surface area contributed by atoms with Gasteiger partial charge in [-0.2, -0.15) is 0 Å². The molecule has 1 aromatic carbocycles. The molecule has 0 saturated carbocycles. The van der Waals surface area contributed by atoms with Gasteiger partial charge in [0.2, 0.25) is 10.0 Å². The molecule has 2 aromatic rings. The van der Waals surface area contributed by atoms with E-state index in [4.69, 9.17) is 16.7 Å². The summed E-state index contributed by atoms with van der Waals surface area (Å²) in [6, 6.07) is 4.25.